The predicted molar refractivity (Wildman–Crippen MR) is 118 cm³/mol. The van der Waals surface area contributed by atoms with E-state index in [9.17, 15) is 52.9 Å². The van der Waals surface area contributed by atoms with E-state index in [4.69, 9.17) is 14.2 Å². The third kappa shape index (κ3) is 6.88. The number of aryl methyl sites for hydroxylation is 1. The predicted octanol–water partition coefficient (Wildman–Crippen LogP) is -0.796. The number of H-pyrrole nitrogens is 1. The summed E-state index contributed by atoms with van der Waals surface area (Å²) in [5.74, 6) is 0. The quantitative estimate of drug-likeness (QED) is 0.139. The molecule has 20 heteroatoms. The second-order valence-electron chi connectivity index (χ2n) is 8.33. The van der Waals surface area contributed by atoms with Crippen molar-refractivity contribution in [1.29, 1.82) is 0 Å². The average Bonchev–Trinajstić information content (AvgIpc) is 3.12. The third-order valence-electron chi connectivity index (χ3n) is 5.47. The minimum atomic E-state index is -5.91. The van der Waals surface area contributed by atoms with Crippen molar-refractivity contribution in [3.05, 3.63) is 32.6 Å². The van der Waals surface area contributed by atoms with E-state index >= 15 is 0 Å². The van der Waals surface area contributed by atoms with Crippen LogP contribution in [0, 0.1) is 6.92 Å². The van der Waals surface area contributed by atoms with Gasteiger partial charge in [0.15, 0.2) is 12.6 Å². The molecule has 0 spiro atoms. The van der Waals surface area contributed by atoms with Crippen molar-refractivity contribution < 1.29 is 62.0 Å². The summed E-state index contributed by atoms with van der Waals surface area (Å²) in [7, 11) is -17.7. The maximum atomic E-state index is 12.5. The zero-order valence-electron chi connectivity index (χ0n) is 18.7. The van der Waals surface area contributed by atoms with Crippen molar-refractivity contribution in [2.75, 3.05) is 6.61 Å². The highest BCUT2D eigenvalue weighted by atomic mass is 31.3. The highest BCUT2D eigenvalue weighted by Crippen LogP contribution is 2.75. The first-order valence-corrected chi connectivity index (χ1v) is 15.6. The molecule has 3 heterocycles. The van der Waals surface area contributed by atoms with Gasteiger partial charge in [-0.1, -0.05) is 0 Å². The van der Waals surface area contributed by atoms with E-state index in [1.165, 1.54) is 13.1 Å². The van der Waals surface area contributed by atoms with E-state index in [0.717, 1.165) is 17.4 Å². The Morgan fingerprint density at radius 1 is 1.11 bits per heavy atom. The van der Waals surface area contributed by atoms with Gasteiger partial charge in [-0.25, -0.2) is 4.79 Å². The van der Waals surface area contributed by atoms with E-state index in [2.05, 4.69) is 9.51 Å². The molecule has 2 fully saturated rings. The number of nitrogens with zero attached hydrogens (tertiary/aromatic N) is 1. The molecule has 3 rings (SSSR count). The summed E-state index contributed by atoms with van der Waals surface area (Å²) >= 11 is 0. The summed E-state index contributed by atoms with van der Waals surface area (Å²) in [6.45, 7) is 1.78. The molecule has 36 heavy (non-hydrogen) atoms. The zero-order chi connectivity index (χ0) is 27.1. The number of aromatic amines is 1. The van der Waals surface area contributed by atoms with Crippen LogP contribution >= 0.6 is 22.8 Å². The van der Waals surface area contributed by atoms with Crippen molar-refractivity contribution in [1.82, 2.24) is 9.55 Å². The van der Waals surface area contributed by atoms with Crippen LogP contribution in [-0.2, 0) is 32.4 Å². The van der Waals surface area contributed by atoms with Crippen LogP contribution in [0.1, 0.15) is 37.5 Å². The fourth-order valence-electron chi connectivity index (χ4n) is 3.88. The van der Waals surface area contributed by atoms with Crippen LogP contribution in [0.4, 0.5) is 0 Å². The number of hydrogen-bond donors (Lipinski definition) is 7. The largest absolute Gasteiger partial charge is 0.365 e. The number of hydrogen-bond acceptors (Lipinski definition) is 10. The second kappa shape index (κ2) is 11.0. The molecule has 17 nitrogen and oxygen atoms in total. The third-order valence-corrected chi connectivity index (χ3v) is 13.1. The van der Waals surface area contributed by atoms with E-state index in [1.54, 1.807) is 0 Å². The van der Waals surface area contributed by atoms with Gasteiger partial charge in [0.1, 0.15) is 12.3 Å². The molecule has 2 saturated heterocycles. The minimum absolute atomic E-state index is 0.137. The molecule has 1 aromatic rings. The van der Waals surface area contributed by atoms with Gasteiger partial charge in [0, 0.05) is 24.8 Å². The first-order valence-electron chi connectivity index (χ1n) is 10.5. The number of rotatable bonds is 9. The maximum absolute atomic E-state index is 12.5. The van der Waals surface area contributed by atoms with Crippen LogP contribution < -0.4 is 11.2 Å². The lowest BCUT2D eigenvalue weighted by Crippen LogP contribution is -2.40. The first-order chi connectivity index (χ1) is 16.5. The van der Waals surface area contributed by atoms with Crippen molar-refractivity contribution in [3.63, 3.8) is 0 Å². The van der Waals surface area contributed by atoms with E-state index in [-0.39, 0.29) is 12.0 Å². The fraction of sp³-hybridized carbons (Fsp3) is 0.750. The van der Waals surface area contributed by atoms with Crippen molar-refractivity contribution >= 4 is 22.8 Å². The number of aliphatic hydroxyl groups is 1. The van der Waals surface area contributed by atoms with Crippen LogP contribution in [0.25, 0.3) is 0 Å². The molecule has 206 valence electrons. The lowest BCUT2D eigenvalue weighted by molar-refractivity contribution is -0.222. The molecule has 0 saturated carbocycles. The second-order valence-corrected chi connectivity index (χ2v) is 14.8. The molecular formula is C16H27N2O15P3. The van der Waals surface area contributed by atoms with Gasteiger partial charge >= 0.3 is 28.5 Å². The van der Waals surface area contributed by atoms with Crippen molar-refractivity contribution in [3.8, 4) is 0 Å². The normalized spacial score (nSPS) is 28.2. The Balaban J connectivity index is 1.90. The van der Waals surface area contributed by atoms with E-state index < -0.39 is 70.2 Å². The maximum Gasteiger partial charge on any atom is 0.358 e. The SMILES string of the molecule is Cc1cn([C@H]2C[C@H](OC3CCCCO3)[C@@H](C(O)OP(=O)(O)C(P(=O)(O)O)P(=O)(O)O)O2)c(=O)[nH]c1=O. The average molecular weight is 580 g/mol. The van der Waals surface area contributed by atoms with Gasteiger partial charge < -0.3 is 43.8 Å². The highest BCUT2D eigenvalue weighted by molar-refractivity contribution is 7.87. The summed E-state index contributed by atoms with van der Waals surface area (Å²) in [4.78, 5) is 73.1. The summed E-state index contributed by atoms with van der Waals surface area (Å²) in [5.41, 5.74) is -1.40. The van der Waals surface area contributed by atoms with Crippen LogP contribution in [0.2, 0.25) is 0 Å². The Bertz CT molecular complexity index is 1180. The van der Waals surface area contributed by atoms with E-state index in [1.807, 2.05) is 0 Å². The number of aromatic nitrogens is 2. The van der Waals surface area contributed by atoms with Gasteiger partial charge in [-0.2, -0.15) is 0 Å². The molecule has 0 radical (unpaired) electrons. The summed E-state index contributed by atoms with van der Waals surface area (Å²) in [5, 5.41) is 7.08. The molecule has 0 aliphatic carbocycles. The molecule has 0 bridgehead atoms. The van der Waals surface area contributed by atoms with Crippen LogP contribution in [0.5, 0.6) is 0 Å². The molecule has 1 aromatic heterocycles. The van der Waals surface area contributed by atoms with E-state index in [0.29, 0.717) is 13.0 Å². The van der Waals surface area contributed by atoms with Gasteiger partial charge in [0.25, 0.3) is 10.7 Å². The minimum Gasteiger partial charge on any atom is -0.365 e. The molecular weight excluding hydrogens is 553 g/mol. The number of aliphatic hydroxyl groups excluding tert-OH is 1. The summed E-state index contributed by atoms with van der Waals surface area (Å²) < 4.78 is 58.0. The summed E-state index contributed by atoms with van der Waals surface area (Å²) in [6.07, 6.45) is -4.41. The topological polar surface area (TPSA) is 264 Å². The molecule has 2 aliphatic heterocycles. The van der Waals surface area contributed by atoms with Gasteiger partial charge in [0.2, 0.25) is 0 Å². The Labute approximate surface area is 202 Å². The number of ether oxygens (including phenoxy) is 3. The van der Waals surface area contributed by atoms with Gasteiger partial charge in [0.05, 0.1) is 6.10 Å². The standard InChI is InChI=1S/C16H27N2O15P3/c1-8-7-18(15(21)17-13(8)19)10-6-9(31-11-4-2-3-5-30-11)12(32-10)14(20)33-36(28,29)16(34(22,23)24)35(25,26)27/h7,9-12,14,16,20H,2-6H2,1H3,(H,28,29)(H,17,19,21)(H2,22,23,24)(H2,25,26,27)/t9-,10+,11?,12-,14?/m0/s1. The van der Waals surface area contributed by atoms with Crippen LogP contribution in [-0.4, -0.2) is 75.7 Å². The molecule has 0 amide bonds. The fourth-order valence-corrected chi connectivity index (χ4v) is 9.35. The van der Waals surface area contributed by atoms with Crippen LogP contribution in [0.3, 0.4) is 0 Å². The molecule has 2 aliphatic rings. The lowest BCUT2D eigenvalue weighted by Gasteiger charge is -2.31. The molecule has 7 N–H and O–H groups in total. The Morgan fingerprint density at radius 3 is 2.31 bits per heavy atom. The zero-order valence-corrected chi connectivity index (χ0v) is 21.4. The van der Waals surface area contributed by atoms with Gasteiger partial charge in [-0.3, -0.25) is 32.6 Å². The number of nitrogens with one attached hydrogen (secondary N) is 1. The monoisotopic (exact) mass is 580 g/mol. The molecule has 0 aromatic carbocycles. The molecule has 3 unspecified atom stereocenters. The Kier molecular flexibility index (Phi) is 9.01. The van der Waals surface area contributed by atoms with Crippen molar-refractivity contribution in [2.45, 2.75) is 68.8 Å². The van der Waals surface area contributed by atoms with Gasteiger partial charge in [-0.05, 0) is 26.2 Å². The van der Waals surface area contributed by atoms with Crippen LogP contribution in [0.15, 0.2) is 15.8 Å². The Hall–Kier alpha value is -1.03. The summed E-state index contributed by atoms with van der Waals surface area (Å²) in [6, 6.07) is 0. The molecule has 6 atom stereocenters. The first kappa shape index (κ1) is 29.5. The Morgan fingerprint density at radius 2 is 1.75 bits per heavy atom. The smallest absolute Gasteiger partial charge is 0.358 e. The lowest BCUT2D eigenvalue weighted by atomic mass is 10.1. The van der Waals surface area contributed by atoms with Gasteiger partial charge in [-0.15, -0.1) is 0 Å². The van der Waals surface area contributed by atoms with Crippen molar-refractivity contribution in [2.24, 2.45) is 0 Å². The highest BCUT2D eigenvalue weighted by Gasteiger charge is 2.59.